The number of benzene rings is 1. The van der Waals surface area contributed by atoms with Crippen LogP contribution in [0.2, 0.25) is 0 Å². The number of carboxylic acid groups (broad SMARTS) is 2. The molecule has 0 spiro atoms. The molecule has 0 radical (unpaired) electrons. The molecule has 40 heavy (non-hydrogen) atoms. The summed E-state index contributed by atoms with van der Waals surface area (Å²) in [7, 11) is 0. The molecule has 1 rings (SSSR count). The van der Waals surface area contributed by atoms with Gasteiger partial charge in [0.1, 0.15) is 18.1 Å². The largest absolute Gasteiger partial charge is 0.481 e. The van der Waals surface area contributed by atoms with Gasteiger partial charge in [-0.3, -0.25) is 24.2 Å². The minimum atomic E-state index is -1.54. The van der Waals surface area contributed by atoms with Crippen LogP contribution >= 0.6 is 0 Å². The number of nitrogens with zero attached hydrogens (tertiary/aromatic N) is 1. The maximum Gasteiger partial charge on any atom is 0.326 e. The van der Waals surface area contributed by atoms with Crippen LogP contribution in [0.3, 0.4) is 0 Å². The van der Waals surface area contributed by atoms with Crippen LogP contribution in [0, 0.1) is 0 Å². The van der Waals surface area contributed by atoms with E-state index in [2.05, 4.69) is 20.9 Å². The second-order valence-corrected chi connectivity index (χ2v) is 9.15. The van der Waals surface area contributed by atoms with Crippen molar-refractivity contribution in [3.05, 3.63) is 35.9 Å². The molecular weight excluding hydrogens is 524 g/mol. The van der Waals surface area contributed by atoms with Crippen LogP contribution in [0.1, 0.15) is 44.1 Å². The highest BCUT2D eigenvalue weighted by Crippen LogP contribution is 2.07. The zero-order valence-electron chi connectivity index (χ0n) is 22.3. The van der Waals surface area contributed by atoms with E-state index in [1.165, 1.54) is 0 Å². The summed E-state index contributed by atoms with van der Waals surface area (Å²) in [6.45, 7) is 0.528. The number of nitrogens with two attached hydrogens (primary N) is 4. The number of guanidine groups is 1. The zero-order chi connectivity index (χ0) is 30.1. The number of rotatable bonds is 19. The van der Waals surface area contributed by atoms with Gasteiger partial charge in [-0.25, -0.2) is 4.79 Å². The van der Waals surface area contributed by atoms with E-state index in [0.717, 1.165) is 0 Å². The standard InChI is InChI=1S/C25H40N8O7/c26-11-5-4-9-16(27)21(36)32-18(14-20(34)35)23(38)31-17(10-6-12-30-25(28)29)22(37)33-19(24(39)40)13-15-7-2-1-3-8-15/h1-3,7-8,16-19H,4-6,9-14,26-27H2,(H,31,38)(H,32,36)(H,33,37)(H,34,35)(H,39,40)(H4,28,29,30). The first kappa shape index (κ1) is 33.8. The summed E-state index contributed by atoms with van der Waals surface area (Å²) < 4.78 is 0. The molecule has 222 valence electrons. The molecule has 0 aliphatic carbocycles. The fourth-order valence-electron chi connectivity index (χ4n) is 3.67. The van der Waals surface area contributed by atoms with Crippen LogP contribution in [0.5, 0.6) is 0 Å². The monoisotopic (exact) mass is 564 g/mol. The molecule has 1 aromatic rings. The fourth-order valence-corrected chi connectivity index (χ4v) is 3.67. The zero-order valence-corrected chi connectivity index (χ0v) is 22.3. The molecule has 0 fully saturated rings. The first-order valence-corrected chi connectivity index (χ1v) is 12.8. The first-order valence-electron chi connectivity index (χ1n) is 12.8. The highest BCUT2D eigenvalue weighted by molar-refractivity contribution is 5.95. The molecule has 15 heteroatoms. The lowest BCUT2D eigenvalue weighted by molar-refractivity contribution is -0.143. The van der Waals surface area contributed by atoms with Gasteiger partial charge in [0, 0.05) is 13.0 Å². The minimum absolute atomic E-state index is 0.0155. The van der Waals surface area contributed by atoms with Gasteiger partial charge in [-0.1, -0.05) is 36.8 Å². The topological polar surface area (TPSA) is 278 Å². The summed E-state index contributed by atoms with van der Waals surface area (Å²) in [4.78, 5) is 65.8. The Morgan fingerprint density at radius 2 is 1.40 bits per heavy atom. The van der Waals surface area contributed by atoms with Crippen molar-refractivity contribution in [2.45, 2.75) is 69.1 Å². The molecule has 0 aliphatic rings. The second kappa shape index (κ2) is 18.1. The lowest BCUT2D eigenvalue weighted by Crippen LogP contribution is -2.57. The highest BCUT2D eigenvalue weighted by atomic mass is 16.4. The molecule has 0 aromatic heterocycles. The van der Waals surface area contributed by atoms with Gasteiger partial charge in [-0.15, -0.1) is 0 Å². The fraction of sp³-hybridized carbons (Fsp3) is 0.520. The average molecular weight is 565 g/mol. The van der Waals surface area contributed by atoms with E-state index < -0.39 is 60.2 Å². The van der Waals surface area contributed by atoms with E-state index in [-0.39, 0.29) is 38.2 Å². The molecule has 0 bridgehead atoms. The molecule has 13 N–H and O–H groups in total. The van der Waals surface area contributed by atoms with E-state index >= 15 is 0 Å². The number of hydrogen-bond acceptors (Lipinski definition) is 8. The van der Waals surface area contributed by atoms with Crippen LogP contribution in [0.4, 0.5) is 0 Å². The summed E-state index contributed by atoms with van der Waals surface area (Å²) in [6, 6.07) is 3.49. The lowest BCUT2D eigenvalue weighted by atomic mass is 10.0. The van der Waals surface area contributed by atoms with Gasteiger partial charge in [0.15, 0.2) is 5.96 Å². The second-order valence-electron chi connectivity index (χ2n) is 9.15. The highest BCUT2D eigenvalue weighted by Gasteiger charge is 2.31. The van der Waals surface area contributed by atoms with Gasteiger partial charge in [-0.2, -0.15) is 0 Å². The van der Waals surface area contributed by atoms with E-state index in [0.29, 0.717) is 24.9 Å². The van der Waals surface area contributed by atoms with Crippen molar-refractivity contribution in [3.8, 4) is 0 Å². The number of unbranched alkanes of at least 4 members (excludes halogenated alkanes) is 1. The smallest absolute Gasteiger partial charge is 0.326 e. The van der Waals surface area contributed by atoms with Gasteiger partial charge in [0.2, 0.25) is 17.7 Å². The molecule has 3 amide bonds. The van der Waals surface area contributed by atoms with E-state index in [4.69, 9.17) is 22.9 Å². The first-order chi connectivity index (χ1) is 18.9. The van der Waals surface area contributed by atoms with Gasteiger partial charge in [0.05, 0.1) is 12.5 Å². The SMILES string of the molecule is NCCCCC(N)C(=O)NC(CC(=O)O)C(=O)NC(CCCN=C(N)N)C(=O)NC(Cc1ccccc1)C(=O)O. The maximum atomic E-state index is 13.1. The van der Waals surface area contributed by atoms with E-state index in [9.17, 15) is 34.2 Å². The summed E-state index contributed by atoms with van der Waals surface area (Å²) in [5, 5.41) is 26.1. The van der Waals surface area contributed by atoms with Crippen LogP contribution in [0.25, 0.3) is 0 Å². The Labute approximate surface area is 232 Å². The Bertz CT molecular complexity index is 1020. The lowest BCUT2D eigenvalue weighted by Gasteiger charge is -2.24. The Morgan fingerprint density at radius 1 is 0.800 bits per heavy atom. The third-order valence-corrected chi connectivity index (χ3v) is 5.79. The number of aliphatic imine (C=N–C) groups is 1. The van der Waals surface area contributed by atoms with Gasteiger partial charge >= 0.3 is 11.9 Å². The number of carbonyl (C=O) groups excluding carboxylic acids is 3. The van der Waals surface area contributed by atoms with Crippen molar-refractivity contribution in [1.29, 1.82) is 0 Å². The van der Waals surface area contributed by atoms with Crippen molar-refractivity contribution < 1.29 is 34.2 Å². The molecule has 15 nitrogen and oxygen atoms in total. The van der Waals surface area contributed by atoms with Crippen LogP contribution in [-0.4, -0.2) is 83.1 Å². The Kier molecular flexibility index (Phi) is 15.3. The Morgan fingerprint density at radius 3 is 1.98 bits per heavy atom. The normalized spacial score (nSPS) is 13.7. The predicted molar refractivity (Wildman–Crippen MR) is 147 cm³/mol. The van der Waals surface area contributed by atoms with Crippen LogP contribution < -0.4 is 38.9 Å². The minimum Gasteiger partial charge on any atom is -0.481 e. The molecular formula is C25H40N8O7. The van der Waals surface area contributed by atoms with Crippen molar-refractivity contribution in [2.75, 3.05) is 13.1 Å². The molecule has 0 saturated carbocycles. The number of hydrogen-bond donors (Lipinski definition) is 9. The molecule has 4 unspecified atom stereocenters. The van der Waals surface area contributed by atoms with Crippen molar-refractivity contribution >= 4 is 35.6 Å². The Hall–Kier alpha value is -4.24. The molecule has 1 aromatic carbocycles. The number of nitrogens with one attached hydrogen (secondary N) is 3. The van der Waals surface area contributed by atoms with Crippen LogP contribution in [0.15, 0.2) is 35.3 Å². The number of aliphatic carboxylic acids is 2. The third-order valence-electron chi connectivity index (χ3n) is 5.79. The summed E-state index contributed by atoms with van der Waals surface area (Å²) >= 11 is 0. The number of amides is 3. The molecule has 4 atom stereocenters. The predicted octanol–water partition coefficient (Wildman–Crippen LogP) is -2.25. The number of carbonyl (C=O) groups is 5. The van der Waals surface area contributed by atoms with Crippen molar-refractivity contribution in [2.24, 2.45) is 27.9 Å². The van der Waals surface area contributed by atoms with Gasteiger partial charge in [-0.05, 0) is 37.8 Å². The molecule has 0 saturated heterocycles. The van der Waals surface area contributed by atoms with E-state index in [1.807, 2.05) is 0 Å². The molecule has 0 heterocycles. The average Bonchev–Trinajstić information content (AvgIpc) is 2.89. The molecule has 0 aliphatic heterocycles. The van der Waals surface area contributed by atoms with Gasteiger partial charge in [0.25, 0.3) is 0 Å². The third kappa shape index (κ3) is 13.5. The number of carboxylic acids is 2. The van der Waals surface area contributed by atoms with Crippen LogP contribution in [-0.2, 0) is 30.4 Å². The summed E-state index contributed by atoms with van der Waals surface area (Å²) in [5.41, 5.74) is 22.6. The van der Waals surface area contributed by atoms with Crippen molar-refractivity contribution in [3.63, 3.8) is 0 Å². The van der Waals surface area contributed by atoms with Gasteiger partial charge < -0.3 is 49.1 Å². The van der Waals surface area contributed by atoms with Crippen molar-refractivity contribution in [1.82, 2.24) is 16.0 Å². The summed E-state index contributed by atoms with van der Waals surface area (Å²) in [6.07, 6.45) is 0.883. The van der Waals surface area contributed by atoms with E-state index in [1.54, 1.807) is 30.3 Å². The summed E-state index contributed by atoms with van der Waals surface area (Å²) in [5.74, 6) is -5.35. The Balaban J connectivity index is 3.04. The quantitative estimate of drug-likeness (QED) is 0.0491. The maximum absolute atomic E-state index is 13.1.